The van der Waals surface area contributed by atoms with Gasteiger partial charge in [0.05, 0.1) is 5.92 Å². The van der Waals surface area contributed by atoms with Gasteiger partial charge < -0.3 is 4.74 Å². The van der Waals surface area contributed by atoms with Crippen LogP contribution in [0, 0.1) is 11.8 Å². The van der Waals surface area contributed by atoms with Gasteiger partial charge in [-0.2, -0.15) is 0 Å². The molecule has 96 valence electrons. The molecule has 2 nitrogen and oxygen atoms in total. The maximum atomic E-state index is 12.1. The molecule has 0 aliphatic rings. The molecule has 2 heteroatoms. The van der Waals surface area contributed by atoms with Crippen molar-refractivity contribution in [2.45, 2.75) is 72.8 Å². The van der Waals surface area contributed by atoms with Gasteiger partial charge in [-0.25, -0.2) is 0 Å². The molecule has 1 unspecified atom stereocenters. The second-order valence-electron chi connectivity index (χ2n) is 5.51. The van der Waals surface area contributed by atoms with Crippen LogP contribution in [0.4, 0.5) is 0 Å². The smallest absolute Gasteiger partial charge is 0.309 e. The molecule has 0 rings (SSSR count). The first-order valence-electron chi connectivity index (χ1n) is 6.58. The Morgan fingerprint density at radius 2 is 1.62 bits per heavy atom. The molecule has 0 N–H and O–H groups in total. The topological polar surface area (TPSA) is 26.3 Å². The lowest BCUT2D eigenvalue weighted by Gasteiger charge is -2.28. The Bertz CT molecular complexity index is 199. The Morgan fingerprint density at radius 3 is 1.94 bits per heavy atom. The highest BCUT2D eigenvalue weighted by Gasteiger charge is 2.29. The zero-order chi connectivity index (χ0) is 12.8. The van der Waals surface area contributed by atoms with Crippen LogP contribution in [0.25, 0.3) is 0 Å². The summed E-state index contributed by atoms with van der Waals surface area (Å²) in [5.74, 6) is 0.539. The van der Waals surface area contributed by atoms with E-state index < -0.39 is 0 Å². The first-order valence-corrected chi connectivity index (χ1v) is 6.58. The fourth-order valence-corrected chi connectivity index (χ4v) is 2.09. The van der Waals surface area contributed by atoms with E-state index >= 15 is 0 Å². The quantitative estimate of drug-likeness (QED) is 0.637. The molecule has 1 atom stereocenters. The van der Waals surface area contributed by atoms with E-state index in [9.17, 15) is 4.79 Å². The van der Waals surface area contributed by atoms with Gasteiger partial charge in [0.25, 0.3) is 0 Å². The average molecular weight is 228 g/mol. The van der Waals surface area contributed by atoms with Crippen LogP contribution in [0.15, 0.2) is 0 Å². The zero-order valence-electron chi connectivity index (χ0n) is 11.8. The summed E-state index contributed by atoms with van der Waals surface area (Å²) >= 11 is 0. The molecule has 0 aliphatic heterocycles. The molecule has 16 heavy (non-hydrogen) atoms. The molecule has 0 amide bonds. The van der Waals surface area contributed by atoms with E-state index in [0.29, 0.717) is 5.92 Å². The van der Waals surface area contributed by atoms with E-state index in [1.807, 2.05) is 20.8 Å². The van der Waals surface area contributed by atoms with Crippen LogP contribution in [0.2, 0.25) is 0 Å². The summed E-state index contributed by atoms with van der Waals surface area (Å²) in [5, 5.41) is 0. The second kappa shape index (κ2) is 6.93. The van der Waals surface area contributed by atoms with E-state index in [2.05, 4.69) is 20.8 Å². The highest BCUT2D eigenvalue weighted by atomic mass is 16.6. The van der Waals surface area contributed by atoms with Crippen molar-refractivity contribution in [1.82, 2.24) is 0 Å². The molecule has 0 saturated heterocycles. The van der Waals surface area contributed by atoms with Gasteiger partial charge in [0.1, 0.15) is 5.60 Å². The summed E-state index contributed by atoms with van der Waals surface area (Å²) in [6, 6.07) is 0. The molecule has 0 spiro atoms. The molecule has 0 fully saturated rings. The molecule has 0 aromatic carbocycles. The number of hydrogen-bond acceptors (Lipinski definition) is 2. The van der Waals surface area contributed by atoms with Gasteiger partial charge >= 0.3 is 5.97 Å². The number of carbonyl (C=O) groups excluding carboxylic acids is 1. The Balaban J connectivity index is 4.57. The summed E-state index contributed by atoms with van der Waals surface area (Å²) in [6.07, 6.45) is 4.10. The van der Waals surface area contributed by atoms with Crippen molar-refractivity contribution in [3.05, 3.63) is 0 Å². The summed E-state index contributed by atoms with van der Waals surface area (Å²) < 4.78 is 5.50. The normalized spacial score (nSPS) is 13.9. The van der Waals surface area contributed by atoms with Crippen LogP contribution >= 0.6 is 0 Å². The first-order chi connectivity index (χ1) is 7.35. The standard InChI is InChI=1S/C14H28O2/c1-7-10-12(11(8-2)9-3)13(15)16-14(4,5)6/h11-12H,7-10H2,1-6H3. The Kier molecular flexibility index (Phi) is 6.70. The molecule has 0 aliphatic carbocycles. The molecule has 0 aromatic rings. The number of carbonyl (C=O) groups is 1. The van der Waals surface area contributed by atoms with Crippen molar-refractivity contribution >= 4 is 5.97 Å². The molecule has 0 saturated carbocycles. The lowest BCUT2D eigenvalue weighted by molar-refractivity contribution is -0.162. The van der Waals surface area contributed by atoms with E-state index in [1.165, 1.54) is 0 Å². The fraction of sp³-hybridized carbons (Fsp3) is 0.929. The van der Waals surface area contributed by atoms with Gasteiger partial charge in [-0.3, -0.25) is 4.79 Å². The monoisotopic (exact) mass is 228 g/mol. The zero-order valence-corrected chi connectivity index (χ0v) is 11.8. The van der Waals surface area contributed by atoms with Crippen molar-refractivity contribution < 1.29 is 9.53 Å². The molecular weight excluding hydrogens is 200 g/mol. The predicted octanol–water partition coefficient (Wildman–Crippen LogP) is 4.18. The van der Waals surface area contributed by atoms with Crippen LogP contribution in [0.3, 0.4) is 0 Å². The van der Waals surface area contributed by atoms with E-state index in [0.717, 1.165) is 25.7 Å². The first kappa shape index (κ1) is 15.5. The van der Waals surface area contributed by atoms with Gasteiger partial charge in [-0.15, -0.1) is 0 Å². The predicted molar refractivity (Wildman–Crippen MR) is 68.3 cm³/mol. The van der Waals surface area contributed by atoms with Crippen molar-refractivity contribution in [1.29, 1.82) is 0 Å². The average Bonchev–Trinajstić information content (AvgIpc) is 2.15. The van der Waals surface area contributed by atoms with Gasteiger partial charge in [0.15, 0.2) is 0 Å². The highest BCUT2D eigenvalue weighted by molar-refractivity contribution is 5.73. The maximum Gasteiger partial charge on any atom is 0.309 e. The van der Waals surface area contributed by atoms with Gasteiger partial charge in [0.2, 0.25) is 0 Å². The van der Waals surface area contributed by atoms with E-state index in [4.69, 9.17) is 4.74 Å². The Hall–Kier alpha value is -0.530. The van der Waals surface area contributed by atoms with Gasteiger partial charge in [0, 0.05) is 0 Å². The van der Waals surface area contributed by atoms with Crippen LogP contribution in [-0.2, 0) is 9.53 Å². The second-order valence-corrected chi connectivity index (χ2v) is 5.51. The van der Waals surface area contributed by atoms with Crippen LogP contribution in [0.1, 0.15) is 67.2 Å². The van der Waals surface area contributed by atoms with Gasteiger partial charge in [-0.05, 0) is 33.1 Å². The van der Waals surface area contributed by atoms with Crippen LogP contribution < -0.4 is 0 Å². The Labute approximate surface area is 101 Å². The molecule has 0 radical (unpaired) electrons. The highest BCUT2D eigenvalue weighted by Crippen LogP contribution is 2.27. The van der Waals surface area contributed by atoms with E-state index in [1.54, 1.807) is 0 Å². The minimum Gasteiger partial charge on any atom is -0.460 e. The number of hydrogen-bond donors (Lipinski definition) is 0. The minimum absolute atomic E-state index is 0.0111. The molecule has 0 bridgehead atoms. The minimum atomic E-state index is -0.366. The SMILES string of the molecule is CCCC(C(=O)OC(C)(C)C)C(CC)CC. The summed E-state index contributed by atoms with van der Waals surface area (Å²) in [7, 11) is 0. The molecule has 0 aromatic heterocycles. The van der Waals surface area contributed by atoms with Gasteiger partial charge in [-0.1, -0.05) is 40.0 Å². The number of rotatable bonds is 6. The van der Waals surface area contributed by atoms with Crippen LogP contribution in [0.5, 0.6) is 0 Å². The maximum absolute atomic E-state index is 12.1. The Morgan fingerprint density at radius 1 is 1.12 bits per heavy atom. The van der Waals surface area contributed by atoms with Crippen LogP contribution in [-0.4, -0.2) is 11.6 Å². The fourth-order valence-electron chi connectivity index (χ4n) is 2.09. The third-order valence-electron chi connectivity index (χ3n) is 2.93. The number of esters is 1. The summed E-state index contributed by atoms with van der Waals surface area (Å²) in [5.41, 5.74) is -0.366. The lowest BCUT2D eigenvalue weighted by Crippen LogP contribution is -2.32. The lowest BCUT2D eigenvalue weighted by atomic mass is 9.84. The van der Waals surface area contributed by atoms with Crippen molar-refractivity contribution in [2.24, 2.45) is 11.8 Å². The summed E-state index contributed by atoms with van der Waals surface area (Å²) in [6.45, 7) is 12.2. The van der Waals surface area contributed by atoms with E-state index in [-0.39, 0.29) is 17.5 Å². The largest absolute Gasteiger partial charge is 0.460 e. The number of ether oxygens (including phenoxy) is 1. The third kappa shape index (κ3) is 5.53. The molecular formula is C14H28O2. The summed E-state index contributed by atoms with van der Waals surface area (Å²) in [4.78, 5) is 12.1. The van der Waals surface area contributed by atoms with Crippen molar-refractivity contribution in [2.75, 3.05) is 0 Å². The van der Waals surface area contributed by atoms with Crippen molar-refractivity contribution in [3.63, 3.8) is 0 Å². The third-order valence-corrected chi connectivity index (χ3v) is 2.93. The van der Waals surface area contributed by atoms with Crippen molar-refractivity contribution in [3.8, 4) is 0 Å². The molecule has 0 heterocycles.